The van der Waals surface area contributed by atoms with E-state index in [1.54, 1.807) is 0 Å². The maximum Gasteiger partial charge on any atom is 0.194 e. The van der Waals surface area contributed by atoms with Crippen LogP contribution in [0.25, 0.3) is 0 Å². The molecule has 2 saturated heterocycles. The van der Waals surface area contributed by atoms with Crippen molar-refractivity contribution in [2.24, 2.45) is 10.9 Å². The number of hydrogen-bond donors (Lipinski definition) is 1. The average molecular weight is 521 g/mol. The molecule has 0 amide bonds. The SMILES string of the molecule is CCNC(=NCC1CCS(=O)(=O)C1)N1CCOC(c2ccc(C)cc2C)C1.I. The van der Waals surface area contributed by atoms with Crippen molar-refractivity contribution in [3.05, 3.63) is 34.9 Å². The van der Waals surface area contributed by atoms with Crippen molar-refractivity contribution >= 4 is 39.8 Å². The minimum Gasteiger partial charge on any atom is -0.370 e. The molecule has 0 spiro atoms. The average Bonchev–Trinajstić information content (AvgIpc) is 2.97. The number of benzene rings is 1. The minimum atomic E-state index is -2.86. The van der Waals surface area contributed by atoms with Crippen molar-refractivity contribution in [1.29, 1.82) is 0 Å². The van der Waals surface area contributed by atoms with E-state index in [-0.39, 0.29) is 41.8 Å². The molecule has 2 heterocycles. The number of halogens is 1. The quantitative estimate of drug-likeness (QED) is 0.375. The molecule has 6 nitrogen and oxygen atoms in total. The van der Waals surface area contributed by atoms with Crippen LogP contribution in [-0.4, -0.2) is 63.6 Å². The third-order valence-corrected chi connectivity index (χ3v) is 7.14. The van der Waals surface area contributed by atoms with Gasteiger partial charge in [0, 0.05) is 19.6 Å². The van der Waals surface area contributed by atoms with Gasteiger partial charge in [-0.25, -0.2) is 8.42 Å². The number of nitrogens with one attached hydrogen (secondary N) is 1. The molecule has 28 heavy (non-hydrogen) atoms. The Morgan fingerprint density at radius 2 is 2.14 bits per heavy atom. The predicted molar refractivity (Wildman–Crippen MR) is 124 cm³/mol. The van der Waals surface area contributed by atoms with Crippen LogP contribution in [0.15, 0.2) is 23.2 Å². The second kappa shape index (κ2) is 10.2. The van der Waals surface area contributed by atoms with E-state index in [2.05, 4.69) is 49.2 Å². The molecule has 158 valence electrons. The lowest BCUT2D eigenvalue weighted by Crippen LogP contribution is -2.48. The Bertz CT molecular complexity index is 798. The van der Waals surface area contributed by atoms with E-state index in [9.17, 15) is 8.42 Å². The van der Waals surface area contributed by atoms with Gasteiger partial charge in [-0.05, 0) is 44.2 Å². The molecule has 2 atom stereocenters. The van der Waals surface area contributed by atoms with Crippen LogP contribution >= 0.6 is 24.0 Å². The molecule has 3 rings (SSSR count). The first-order chi connectivity index (χ1) is 12.9. The van der Waals surface area contributed by atoms with Crippen molar-refractivity contribution in [2.45, 2.75) is 33.3 Å². The van der Waals surface area contributed by atoms with Gasteiger partial charge in [0.1, 0.15) is 6.10 Å². The van der Waals surface area contributed by atoms with Crippen LogP contribution in [0.3, 0.4) is 0 Å². The zero-order chi connectivity index (χ0) is 19.4. The van der Waals surface area contributed by atoms with Gasteiger partial charge < -0.3 is 15.0 Å². The summed E-state index contributed by atoms with van der Waals surface area (Å²) in [5, 5.41) is 3.36. The van der Waals surface area contributed by atoms with Gasteiger partial charge in [-0.1, -0.05) is 23.8 Å². The summed E-state index contributed by atoms with van der Waals surface area (Å²) in [5.74, 6) is 1.57. The number of guanidine groups is 1. The van der Waals surface area contributed by atoms with E-state index in [1.807, 2.05) is 0 Å². The minimum absolute atomic E-state index is 0. The van der Waals surface area contributed by atoms with Crippen molar-refractivity contribution < 1.29 is 13.2 Å². The Kier molecular flexibility index (Phi) is 8.57. The number of aliphatic imine (C=N–C) groups is 1. The fourth-order valence-electron chi connectivity index (χ4n) is 3.87. The summed E-state index contributed by atoms with van der Waals surface area (Å²) in [6.07, 6.45) is 0.745. The molecule has 1 N–H and O–H groups in total. The number of aryl methyl sites for hydroxylation is 2. The summed E-state index contributed by atoms with van der Waals surface area (Å²) in [6, 6.07) is 6.48. The summed E-state index contributed by atoms with van der Waals surface area (Å²) < 4.78 is 29.4. The molecule has 8 heteroatoms. The molecule has 2 unspecified atom stereocenters. The van der Waals surface area contributed by atoms with Gasteiger partial charge in [0.05, 0.1) is 24.7 Å². The van der Waals surface area contributed by atoms with Crippen molar-refractivity contribution in [2.75, 3.05) is 44.3 Å². The van der Waals surface area contributed by atoms with Crippen molar-refractivity contribution in [3.63, 3.8) is 0 Å². The number of morpholine rings is 1. The summed E-state index contributed by atoms with van der Waals surface area (Å²) in [5.41, 5.74) is 3.73. The summed E-state index contributed by atoms with van der Waals surface area (Å²) in [6.45, 7) is 9.82. The Labute approximate surface area is 186 Å². The third-order valence-electron chi connectivity index (χ3n) is 5.30. The van der Waals surface area contributed by atoms with Crippen LogP contribution < -0.4 is 5.32 Å². The number of rotatable bonds is 4. The molecule has 2 aliphatic rings. The molecular formula is C20H32IN3O3S. The molecule has 1 aromatic rings. The molecule has 0 saturated carbocycles. The third kappa shape index (κ3) is 6.06. The number of hydrogen-bond acceptors (Lipinski definition) is 4. The first-order valence-corrected chi connectivity index (χ1v) is 11.6. The highest BCUT2D eigenvalue weighted by Gasteiger charge is 2.29. The summed E-state index contributed by atoms with van der Waals surface area (Å²) in [7, 11) is -2.86. The van der Waals surface area contributed by atoms with E-state index >= 15 is 0 Å². The van der Waals surface area contributed by atoms with Crippen LogP contribution in [0, 0.1) is 19.8 Å². The van der Waals surface area contributed by atoms with Crippen molar-refractivity contribution in [3.8, 4) is 0 Å². The summed E-state index contributed by atoms with van der Waals surface area (Å²) >= 11 is 0. The maximum absolute atomic E-state index is 11.7. The zero-order valence-corrected chi connectivity index (χ0v) is 20.1. The van der Waals surface area contributed by atoms with E-state index < -0.39 is 9.84 Å². The van der Waals surface area contributed by atoms with Gasteiger partial charge in [-0.2, -0.15) is 0 Å². The lowest BCUT2D eigenvalue weighted by Gasteiger charge is -2.36. The molecule has 2 aliphatic heterocycles. The topological polar surface area (TPSA) is 71.0 Å². The highest BCUT2D eigenvalue weighted by atomic mass is 127. The zero-order valence-electron chi connectivity index (χ0n) is 17.0. The van der Waals surface area contributed by atoms with Crippen LogP contribution in [0.2, 0.25) is 0 Å². The molecule has 0 aliphatic carbocycles. The van der Waals surface area contributed by atoms with E-state index in [1.165, 1.54) is 16.7 Å². The Hall–Kier alpha value is -0.870. The maximum atomic E-state index is 11.7. The number of nitrogens with zero attached hydrogens (tertiary/aromatic N) is 2. The molecule has 0 bridgehead atoms. The molecule has 0 radical (unpaired) electrons. The Morgan fingerprint density at radius 3 is 2.79 bits per heavy atom. The largest absolute Gasteiger partial charge is 0.370 e. The first-order valence-electron chi connectivity index (χ1n) is 9.80. The molecule has 1 aromatic carbocycles. The van der Waals surface area contributed by atoms with Gasteiger partial charge in [0.2, 0.25) is 0 Å². The van der Waals surface area contributed by atoms with Gasteiger partial charge in [-0.15, -0.1) is 24.0 Å². The normalized spacial score (nSPS) is 24.7. The van der Waals surface area contributed by atoms with Gasteiger partial charge >= 0.3 is 0 Å². The molecule has 0 aromatic heterocycles. The highest BCUT2D eigenvalue weighted by Crippen LogP contribution is 2.26. The van der Waals surface area contributed by atoms with Gasteiger partial charge in [-0.3, -0.25) is 4.99 Å². The van der Waals surface area contributed by atoms with Gasteiger partial charge in [0.15, 0.2) is 15.8 Å². The fourth-order valence-corrected chi connectivity index (χ4v) is 5.72. The monoisotopic (exact) mass is 521 g/mol. The van der Waals surface area contributed by atoms with E-state index in [4.69, 9.17) is 9.73 Å². The van der Waals surface area contributed by atoms with Crippen LogP contribution in [0.4, 0.5) is 0 Å². The summed E-state index contributed by atoms with van der Waals surface area (Å²) in [4.78, 5) is 7.00. The first kappa shape index (κ1) is 23.4. The second-order valence-electron chi connectivity index (χ2n) is 7.63. The van der Waals surface area contributed by atoms with Gasteiger partial charge in [0.25, 0.3) is 0 Å². The van der Waals surface area contributed by atoms with Crippen LogP contribution in [0.1, 0.15) is 36.1 Å². The Morgan fingerprint density at radius 1 is 1.36 bits per heavy atom. The lowest BCUT2D eigenvalue weighted by molar-refractivity contribution is -0.00835. The van der Waals surface area contributed by atoms with E-state index in [0.29, 0.717) is 18.9 Å². The van der Waals surface area contributed by atoms with Crippen LogP contribution in [-0.2, 0) is 14.6 Å². The molecular weight excluding hydrogens is 489 g/mol. The molecule has 2 fully saturated rings. The second-order valence-corrected chi connectivity index (χ2v) is 9.86. The number of sulfone groups is 1. The smallest absolute Gasteiger partial charge is 0.194 e. The fraction of sp³-hybridized carbons (Fsp3) is 0.650. The predicted octanol–water partition coefficient (Wildman–Crippen LogP) is 2.69. The van der Waals surface area contributed by atoms with E-state index in [0.717, 1.165) is 32.0 Å². The standard InChI is InChI=1S/C20H31N3O3S.HI/c1-4-21-20(22-12-17-7-10-27(24,25)14-17)23-8-9-26-19(13-23)18-6-5-15(2)11-16(18)3;/h5-6,11,17,19H,4,7-10,12-14H2,1-3H3,(H,21,22);1H. The lowest BCUT2D eigenvalue weighted by atomic mass is 10.00. The number of ether oxygens (including phenoxy) is 1. The van der Waals surface area contributed by atoms with Crippen molar-refractivity contribution in [1.82, 2.24) is 10.2 Å². The highest BCUT2D eigenvalue weighted by molar-refractivity contribution is 14.0. The van der Waals surface area contributed by atoms with Crippen LogP contribution in [0.5, 0.6) is 0 Å². The Balaban J connectivity index is 0.00000280.